The molecule has 4 fully saturated rings. The number of nitrogens with zero attached hydrogens (tertiary/aromatic N) is 8. The lowest BCUT2D eigenvalue weighted by atomic mass is 9.91. The first-order chi connectivity index (χ1) is 45.6. The van der Waals surface area contributed by atoms with Crippen LogP contribution >= 0.6 is 0 Å². The Balaban J connectivity index is 0.000000262. The smallest absolute Gasteiger partial charge is 0.227 e. The molecule has 2 amide bonds. The van der Waals surface area contributed by atoms with Crippen LogP contribution in [0, 0.1) is 46.9 Å². The van der Waals surface area contributed by atoms with Gasteiger partial charge in [-0.05, 0) is 82.0 Å². The van der Waals surface area contributed by atoms with Gasteiger partial charge in [0.05, 0.1) is 64.7 Å². The zero-order valence-corrected chi connectivity index (χ0v) is 53.9. The molecule has 2 aromatic carbocycles. The summed E-state index contributed by atoms with van der Waals surface area (Å²) in [7, 11) is 3.27. The average Bonchev–Trinajstić information content (AvgIpc) is 0.888. The molecule has 30 heteroatoms. The van der Waals surface area contributed by atoms with E-state index >= 15 is 0 Å². The van der Waals surface area contributed by atoms with Crippen molar-refractivity contribution < 1.29 is 102 Å². The molecule has 0 unspecified atom stereocenters. The lowest BCUT2D eigenvalue weighted by Crippen LogP contribution is -2.51. The van der Waals surface area contributed by atoms with E-state index in [1.54, 1.807) is 39.0 Å². The van der Waals surface area contributed by atoms with Crippen LogP contribution in [0.25, 0.3) is 0 Å². The number of benzene rings is 2. The lowest BCUT2D eigenvalue weighted by molar-refractivity contribution is -0.139. The van der Waals surface area contributed by atoms with Crippen LogP contribution in [0.2, 0.25) is 0 Å². The SMILES string of the molecule is COCc1cnc(N2CCC(CCCOc3cc(F)c(CC(=O)N4CC(C=O)C4)c(F)c3)CC2)nc1.COCc1cnc(N2CCC(CCCOc3cc(F)c(CC(=O)N4CC(CCC[C@H](O)[C@@H](O)[C@H](O)[C@H](O)CO)C4)c(F)c3)CC2)nc1.NC[C@H](O)[C@@H](O)[C@H](O)[C@H](O)CO. The monoisotopic (exact) mass is 1350 g/mol. The van der Waals surface area contributed by atoms with Crippen molar-refractivity contribution in [3.8, 4) is 11.5 Å². The Morgan fingerprint density at radius 3 is 1.26 bits per heavy atom. The standard InChI is InChI=1S/C33H48F2N4O8.C26H32F2N4O4.C6H15NO5/c1-46-20-23-15-36-33(37-16-23)38-9-7-21(8-10-38)5-3-11-47-24-12-26(34)25(27(35)13-24)14-30(43)39-17-22(18-39)4-2-6-28(41)31(44)32(45)29(42)19-40;1-35-17-19-12-29-26(30-13-19)31-6-4-18(5-7-31)3-2-8-36-21-9-23(27)22(24(28)10-21)11-25(34)32-14-20(15-32)16-33;7-1-3(9)5(11)6(12)4(10)2-8/h12-13,15-16,21-22,28-29,31-32,40-42,44-45H,2-11,14,17-20H2,1H3;9-10,12-13,16,18,20H,2-8,11,14-15,17H2,1H3;3-6,8-12H,1-2,7H2/t28-,29+,31+,32+;;3-,4+,5+,6+/m0.0/s1. The van der Waals surface area contributed by atoms with Gasteiger partial charge in [-0.1, -0.05) is 6.42 Å². The highest BCUT2D eigenvalue weighted by Gasteiger charge is 2.35. The number of halogens is 4. The molecule has 26 nitrogen and oxygen atoms in total. The zero-order valence-electron chi connectivity index (χ0n) is 53.9. The summed E-state index contributed by atoms with van der Waals surface area (Å²) in [4.78, 5) is 60.6. The fourth-order valence-corrected chi connectivity index (χ4v) is 11.5. The molecule has 530 valence electrons. The van der Waals surface area contributed by atoms with Crippen LogP contribution in [-0.4, -0.2) is 247 Å². The summed E-state index contributed by atoms with van der Waals surface area (Å²) in [6, 6.07) is 4.51. The third-order valence-corrected chi connectivity index (χ3v) is 17.5. The number of hydrogen-bond acceptors (Lipinski definition) is 24. The molecule has 0 spiro atoms. The number of aromatic nitrogens is 4. The number of likely N-dealkylation sites (tertiary alicyclic amines) is 2. The number of ether oxygens (including phenoxy) is 4. The summed E-state index contributed by atoms with van der Waals surface area (Å²) in [6.45, 7) is 4.98. The number of hydrogen-bond donors (Lipinski definition) is 11. The summed E-state index contributed by atoms with van der Waals surface area (Å²) in [5.74, 6) is -1.30. The lowest BCUT2D eigenvalue weighted by Gasteiger charge is -2.39. The number of nitrogens with two attached hydrogens (primary N) is 1. The summed E-state index contributed by atoms with van der Waals surface area (Å²) < 4.78 is 80.0. The molecule has 4 aromatic rings. The molecule has 8 atom stereocenters. The maximum absolute atomic E-state index is 14.8. The van der Waals surface area contributed by atoms with Gasteiger partial charge in [-0.25, -0.2) is 37.5 Å². The molecule has 95 heavy (non-hydrogen) atoms. The van der Waals surface area contributed by atoms with Gasteiger partial charge < -0.3 is 100 Å². The van der Waals surface area contributed by atoms with Crippen LogP contribution in [0.5, 0.6) is 11.5 Å². The van der Waals surface area contributed by atoms with Crippen LogP contribution in [0.1, 0.15) is 92.9 Å². The van der Waals surface area contributed by atoms with Gasteiger partial charge >= 0.3 is 0 Å². The van der Waals surface area contributed by atoms with Crippen LogP contribution in [0.4, 0.5) is 29.5 Å². The largest absolute Gasteiger partial charge is 0.493 e. The van der Waals surface area contributed by atoms with Gasteiger partial charge in [-0.2, -0.15) is 0 Å². The van der Waals surface area contributed by atoms with E-state index in [1.165, 1.54) is 9.80 Å². The Labute approximate surface area is 550 Å². The first kappa shape index (κ1) is 77.6. The summed E-state index contributed by atoms with van der Waals surface area (Å²) in [5.41, 5.74) is 6.29. The number of aliphatic hydroxyl groups excluding tert-OH is 10. The van der Waals surface area contributed by atoms with Crippen molar-refractivity contribution in [2.75, 3.05) is 109 Å². The molecule has 12 N–H and O–H groups in total. The molecule has 4 saturated heterocycles. The van der Waals surface area contributed by atoms with Crippen LogP contribution in [-0.2, 0) is 49.9 Å². The van der Waals surface area contributed by atoms with E-state index < -0.39 is 91.7 Å². The van der Waals surface area contributed by atoms with Gasteiger partial charge in [0.25, 0.3) is 0 Å². The summed E-state index contributed by atoms with van der Waals surface area (Å²) in [5, 5.41) is 92.1. The van der Waals surface area contributed by atoms with Crippen molar-refractivity contribution in [1.29, 1.82) is 0 Å². The molecule has 6 heterocycles. The highest BCUT2D eigenvalue weighted by Crippen LogP contribution is 2.30. The minimum atomic E-state index is -1.67. The number of piperidine rings is 2. The van der Waals surface area contributed by atoms with Gasteiger partial charge in [-0.15, -0.1) is 0 Å². The Morgan fingerprint density at radius 1 is 0.547 bits per heavy atom. The maximum atomic E-state index is 14.8. The Kier molecular flexibility index (Phi) is 32.5. The second kappa shape index (κ2) is 39.7. The average molecular weight is 1350 g/mol. The number of carbonyl (C=O) groups is 3. The van der Waals surface area contributed by atoms with Gasteiger partial charge in [0.2, 0.25) is 23.7 Å². The number of rotatable bonds is 34. The molecule has 0 aliphatic carbocycles. The van der Waals surface area contributed by atoms with Gasteiger partial charge in [0.1, 0.15) is 77.7 Å². The number of anilines is 2. The third kappa shape index (κ3) is 24.0. The van der Waals surface area contributed by atoms with Gasteiger partial charge in [0.15, 0.2) is 0 Å². The van der Waals surface area contributed by atoms with Crippen molar-refractivity contribution in [3.05, 3.63) is 94.6 Å². The van der Waals surface area contributed by atoms with E-state index in [9.17, 15) is 52.4 Å². The highest BCUT2D eigenvalue weighted by molar-refractivity contribution is 5.81. The minimum Gasteiger partial charge on any atom is -0.493 e. The van der Waals surface area contributed by atoms with Crippen molar-refractivity contribution in [3.63, 3.8) is 0 Å². The molecule has 0 bridgehead atoms. The quantitative estimate of drug-likeness (QED) is 0.0177. The Bertz CT molecular complexity index is 2870. The predicted octanol–water partition coefficient (Wildman–Crippen LogP) is 1.14. The van der Waals surface area contributed by atoms with Crippen LogP contribution in [0.15, 0.2) is 49.1 Å². The van der Waals surface area contributed by atoms with E-state index in [0.717, 1.165) is 131 Å². The number of methoxy groups -OCH3 is 2. The predicted molar refractivity (Wildman–Crippen MR) is 336 cm³/mol. The third-order valence-electron chi connectivity index (χ3n) is 17.5. The maximum Gasteiger partial charge on any atom is 0.227 e. The normalized spacial score (nSPS) is 18.2. The molecule has 8 rings (SSSR count). The van der Waals surface area contributed by atoms with Crippen molar-refractivity contribution in [2.24, 2.45) is 29.4 Å². The second-order valence-electron chi connectivity index (χ2n) is 24.7. The fraction of sp³-hybridized carbons (Fsp3) is 0.646. The van der Waals surface area contributed by atoms with Crippen molar-refractivity contribution >= 4 is 30.0 Å². The molecule has 4 aliphatic rings. The number of carbonyl (C=O) groups excluding carboxylic acids is 3. The molecular formula is C65H95F4N9O17. The number of amides is 2. The number of aliphatic hydroxyl groups is 10. The van der Waals surface area contributed by atoms with E-state index in [4.69, 9.17) is 55.3 Å². The topological polar surface area (TPSA) is 381 Å². The van der Waals surface area contributed by atoms with Gasteiger partial charge in [-0.3, -0.25) is 9.59 Å². The second-order valence-corrected chi connectivity index (χ2v) is 24.7. The van der Waals surface area contributed by atoms with E-state index in [-0.39, 0.29) is 65.7 Å². The molecule has 2 aromatic heterocycles. The zero-order chi connectivity index (χ0) is 69.1. The number of aldehydes is 1. The summed E-state index contributed by atoms with van der Waals surface area (Å²) >= 11 is 0. The van der Waals surface area contributed by atoms with Crippen molar-refractivity contribution in [1.82, 2.24) is 29.7 Å². The molecule has 0 saturated carbocycles. The van der Waals surface area contributed by atoms with Gasteiger partial charge in [0, 0.05) is 150 Å². The highest BCUT2D eigenvalue weighted by atomic mass is 19.1. The Morgan fingerprint density at radius 2 is 0.905 bits per heavy atom. The van der Waals surface area contributed by atoms with E-state index in [1.807, 2.05) is 0 Å². The molecule has 0 radical (unpaired) electrons. The fourth-order valence-electron chi connectivity index (χ4n) is 11.5. The summed E-state index contributed by atoms with van der Waals surface area (Å²) in [6.07, 6.45) is 3.96. The van der Waals surface area contributed by atoms with Crippen LogP contribution < -0.4 is 25.0 Å². The minimum absolute atomic E-state index is 0.0924. The van der Waals surface area contributed by atoms with Crippen molar-refractivity contribution in [2.45, 2.75) is 146 Å². The first-order valence-corrected chi connectivity index (χ1v) is 32.3. The first-order valence-electron chi connectivity index (χ1n) is 32.3. The van der Waals surface area contributed by atoms with E-state index in [0.29, 0.717) is 77.3 Å². The Hall–Kier alpha value is -6.39. The van der Waals surface area contributed by atoms with E-state index in [2.05, 4.69) is 29.7 Å². The molecular weight excluding hydrogens is 1250 g/mol. The van der Waals surface area contributed by atoms with Crippen LogP contribution in [0.3, 0.4) is 0 Å². The molecule has 4 aliphatic heterocycles.